The lowest BCUT2D eigenvalue weighted by Gasteiger charge is -2.26. The molecule has 0 aliphatic carbocycles. The molecule has 0 radical (unpaired) electrons. The fraction of sp³-hybridized carbons (Fsp3) is 0.185. The normalized spacial score (nSPS) is 13.8. The van der Waals surface area contributed by atoms with E-state index >= 15 is 0 Å². The Morgan fingerprint density at radius 1 is 0.889 bits per heavy atom. The Morgan fingerprint density at radius 2 is 1.64 bits per heavy atom. The Labute approximate surface area is 228 Å². The van der Waals surface area contributed by atoms with Crippen molar-refractivity contribution in [3.8, 4) is 28.1 Å². The van der Waals surface area contributed by atoms with Crippen molar-refractivity contribution in [2.45, 2.75) is 19.3 Å². The van der Waals surface area contributed by atoms with E-state index in [9.17, 15) is 4.79 Å². The van der Waals surface area contributed by atoms with Gasteiger partial charge in [0.1, 0.15) is 0 Å². The van der Waals surface area contributed by atoms with Gasteiger partial charge in [0.2, 0.25) is 0 Å². The van der Waals surface area contributed by atoms with E-state index in [4.69, 9.17) is 34.8 Å². The number of hydrogen-bond acceptors (Lipinski definition) is 4. The van der Waals surface area contributed by atoms with E-state index in [1.807, 2.05) is 41.4 Å². The number of halogens is 3. The maximum atomic E-state index is 13.1. The second-order valence-electron chi connectivity index (χ2n) is 8.33. The molecule has 5 nitrogen and oxygen atoms in total. The van der Waals surface area contributed by atoms with Crippen LogP contribution in [-0.2, 0) is 0 Å². The van der Waals surface area contributed by atoms with Gasteiger partial charge in [-0.15, -0.1) is 11.3 Å². The number of nitrogens with one attached hydrogen (secondary N) is 1. The van der Waals surface area contributed by atoms with Gasteiger partial charge >= 0.3 is 0 Å². The fourth-order valence-corrected chi connectivity index (χ4v) is 5.40. The van der Waals surface area contributed by atoms with Crippen molar-refractivity contribution in [2.24, 2.45) is 0 Å². The number of piperidine rings is 1. The minimum atomic E-state index is -0.249. The summed E-state index contributed by atoms with van der Waals surface area (Å²) in [6.07, 6.45) is 3.31. The number of carbonyl (C=O) groups excluding carboxylic acids is 1. The summed E-state index contributed by atoms with van der Waals surface area (Å²) in [5.74, 6) is 6.11. The predicted octanol–water partition coefficient (Wildman–Crippen LogP) is 7.09. The lowest BCUT2D eigenvalue weighted by Crippen LogP contribution is -2.45. The Balaban J connectivity index is 1.49. The summed E-state index contributed by atoms with van der Waals surface area (Å²) in [6.45, 7) is 1.67. The number of aromatic nitrogens is 2. The minimum Gasteiger partial charge on any atom is -0.283 e. The van der Waals surface area contributed by atoms with Crippen LogP contribution in [0, 0.1) is 11.8 Å². The SMILES string of the molecule is O=C(NN1CCCCC1)c1cc(-c2ccc(C#Cc3ccc(Cl)cc3)s2)n(-c2ccc(Cl)cc2Cl)n1. The topological polar surface area (TPSA) is 50.2 Å². The minimum absolute atomic E-state index is 0.249. The molecule has 0 atom stereocenters. The van der Waals surface area contributed by atoms with E-state index in [1.165, 1.54) is 17.8 Å². The molecule has 1 saturated heterocycles. The Bertz CT molecular complexity index is 1460. The van der Waals surface area contributed by atoms with Crippen LogP contribution in [0.1, 0.15) is 40.2 Å². The van der Waals surface area contributed by atoms with Gasteiger partial charge in [0.25, 0.3) is 5.91 Å². The van der Waals surface area contributed by atoms with Crippen molar-refractivity contribution in [1.82, 2.24) is 20.2 Å². The van der Waals surface area contributed by atoms with Crippen molar-refractivity contribution >= 4 is 52.0 Å². The Hall–Kier alpha value is -2.79. The van der Waals surface area contributed by atoms with E-state index in [-0.39, 0.29) is 5.91 Å². The number of nitrogens with zero attached hydrogens (tertiary/aromatic N) is 3. The van der Waals surface area contributed by atoms with Gasteiger partial charge in [0.05, 0.1) is 26.2 Å². The van der Waals surface area contributed by atoms with E-state index in [0.29, 0.717) is 26.4 Å². The zero-order chi connectivity index (χ0) is 25.1. The van der Waals surface area contributed by atoms with Crippen molar-refractivity contribution in [3.05, 3.63) is 91.9 Å². The highest BCUT2D eigenvalue weighted by Crippen LogP contribution is 2.33. The zero-order valence-electron chi connectivity index (χ0n) is 19.1. The van der Waals surface area contributed by atoms with E-state index in [2.05, 4.69) is 22.4 Å². The van der Waals surface area contributed by atoms with Crippen LogP contribution in [0.25, 0.3) is 16.3 Å². The molecule has 3 heterocycles. The van der Waals surface area contributed by atoms with Crippen LogP contribution >= 0.6 is 46.1 Å². The summed E-state index contributed by atoms with van der Waals surface area (Å²) in [5.41, 5.74) is 5.55. The first-order valence-corrected chi connectivity index (χ1v) is 13.4. The van der Waals surface area contributed by atoms with Crippen molar-refractivity contribution < 1.29 is 4.79 Å². The number of rotatable bonds is 4. The maximum absolute atomic E-state index is 13.1. The molecule has 2 aromatic heterocycles. The smallest absolute Gasteiger partial charge is 0.283 e. The van der Waals surface area contributed by atoms with Crippen LogP contribution < -0.4 is 5.43 Å². The molecule has 1 amide bonds. The summed E-state index contributed by atoms with van der Waals surface area (Å²) >= 11 is 20.1. The highest BCUT2D eigenvalue weighted by atomic mass is 35.5. The molecule has 182 valence electrons. The summed E-state index contributed by atoms with van der Waals surface area (Å²) in [4.78, 5) is 14.8. The first kappa shape index (κ1) is 24.9. The number of carbonyl (C=O) groups is 1. The Morgan fingerprint density at radius 3 is 2.39 bits per heavy atom. The summed E-state index contributed by atoms with van der Waals surface area (Å²) in [7, 11) is 0. The highest BCUT2D eigenvalue weighted by molar-refractivity contribution is 7.16. The first-order valence-electron chi connectivity index (χ1n) is 11.5. The van der Waals surface area contributed by atoms with Crippen LogP contribution in [0.3, 0.4) is 0 Å². The molecule has 2 aromatic carbocycles. The molecule has 1 fully saturated rings. The molecule has 0 bridgehead atoms. The summed E-state index contributed by atoms with van der Waals surface area (Å²) in [6, 6.07) is 18.3. The van der Waals surface area contributed by atoms with Crippen LogP contribution in [0.2, 0.25) is 15.1 Å². The van der Waals surface area contributed by atoms with Crippen LogP contribution in [0.15, 0.2) is 60.7 Å². The third-order valence-corrected chi connectivity index (χ3v) is 7.54. The summed E-state index contributed by atoms with van der Waals surface area (Å²) < 4.78 is 1.69. The van der Waals surface area contributed by atoms with Crippen LogP contribution in [0.5, 0.6) is 0 Å². The number of thiophene rings is 1. The second-order valence-corrected chi connectivity index (χ2v) is 10.7. The van der Waals surface area contributed by atoms with Gasteiger partial charge < -0.3 is 0 Å². The van der Waals surface area contributed by atoms with Crippen LogP contribution in [0.4, 0.5) is 0 Å². The highest BCUT2D eigenvalue weighted by Gasteiger charge is 2.21. The molecule has 36 heavy (non-hydrogen) atoms. The molecule has 1 aliphatic rings. The third kappa shape index (κ3) is 5.78. The van der Waals surface area contributed by atoms with Crippen molar-refractivity contribution in [2.75, 3.05) is 13.1 Å². The number of hydrogen-bond donors (Lipinski definition) is 1. The molecule has 0 saturated carbocycles. The van der Waals surface area contributed by atoms with E-state index in [1.54, 1.807) is 28.9 Å². The predicted molar refractivity (Wildman–Crippen MR) is 147 cm³/mol. The van der Waals surface area contributed by atoms with Gasteiger partial charge in [-0.25, -0.2) is 9.69 Å². The quantitative estimate of drug-likeness (QED) is 0.274. The fourth-order valence-electron chi connectivity index (χ4n) is 3.92. The number of amides is 1. The van der Waals surface area contributed by atoms with Gasteiger partial charge in [0, 0.05) is 28.7 Å². The second kappa shape index (κ2) is 11.1. The molecule has 9 heteroatoms. The summed E-state index contributed by atoms with van der Waals surface area (Å²) in [5, 5.41) is 8.22. The zero-order valence-corrected chi connectivity index (χ0v) is 22.2. The first-order chi connectivity index (χ1) is 17.5. The molecule has 1 N–H and O–H groups in total. The molecule has 4 aromatic rings. The number of hydrazine groups is 1. The molecule has 0 unspecified atom stereocenters. The van der Waals surface area contributed by atoms with Gasteiger partial charge in [-0.1, -0.05) is 53.1 Å². The monoisotopic (exact) mass is 554 g/mol. The van der Waals surface area contributed by atoms with E-state index < -0.39 is 0 Å². The molecule has 1 aliphatic heterocycles. The average molecular weight is 556 g/mol. The Kier molecular flexibility index (Phi) is 7.66. The maximum Gasteiger partial charge on any atom is 0.286 e. The largest absolute Gasteiger partial charge is 0.286 e. The lowest BCUT2D eigenvalue weighted by atomic mass is 10.2. The average Bonchev–Trinajstić information content (AvgIpc) is 3.52. The standard InChI is InChI=1S/C27H21Cl3N4OS/c28-19-7-4-18(5-8-19)6-10-21-11-13-26(36-21)25-17-23(27(35)32-33-14-2-1-3-15-33)31-34(25)24-12-9-20(29)16-22(24)30/h4-5,7-9,11-13,16-17H,1-3,14-15H2,(H,32,35). The van der Waals surface area contributed by atoms with Gasteiger partial charge in [0.15, 0.2) is 5.69 Å². The van der Waals surface area contributed by atoms with Crippen LogP contribution in [-0.4, -0.2) is 33.8 Å². The van der Waals surface area contributed by atoms with Gasteiger partial charge in [-0.2, -0.15) is 5.10 Å². The molecular weight excluding hydrogens is 535 g/mol. The molecular formula is C27H21Cl3N4OS. The number of benzene rings is 2. The van der Waals surface area contributed by atoms with Gasteiger partial charge in [-0.05, 0) is 73.5 Å². The van der Waals surface area contributed by atoms with Crippen molar-refractivity contribution in [3.63, 3.8) is 0 Å². The van der Waals surface area contributed by atoms with E-state index in [0.717, 1.165) is 46.9 Å². The third-order valence-electron chi connectivity index (χ3n) is 5.73. The van der Waals surface area contributed by atoms with Gasteiger partial charge in [-0.3, -0.25) is 10.2 Å². The van der Waals surface area contributed by atoms with Crippen molar-refractivity contribution in [1.29, 1.82) is 0 Å². The molecule has 0 spiro atoms. The lowest BCUT2D eigenvalue weighted by molar-refractivity contribution is 0.0744. The molecule has 5 rings (SSSR count).